The fourth-order valence-corrected chi connectivity index (χ4v) is 8.92. The molecule has 0 unspecified atom stereocenters. The van der Waals surface area contributed by atoms with Gasteiger partial charge in [-0.15, -0.1) is 0 Å². The molecule has 2 heterocycles. The Morgan fingerprint density at radius 3 is 1.63 bits per heavy atom. The van der Waals surface area contributed by atoms with Crippen LogP contribution in [0.15, 0.2) is 199 Å². The maximum atomic E-state index is 6.77. The number of rotatable bonds is 7. The molecule has 0 spiro atoms. The van der Waals surface area contributed by atoms with E-state index in [0.29, 0.717) is 17.5 Å². The molecular formula is C54H38N4O. The van der Waals surface area contributed by atoms with E-state index in [4.69, 9.17) is 19.4 Å². The van der Waals surface area contributed by atoms with Gasteiger partial charge >= 0.3 is 0 Å². The molecule has 0 saturated heterocycles. The second-order valence-electron chi connectivity index (χ2n) is 15.6. The smallest absolute Gasteiger partial charge is 0.164 e. The first-order valence-electron chi connectivity index (χ1n) is 20.0. The molecule has 280 valence electrons. The number of fused-ring (bicyclic) bond motifs is 6. The predicted molar refractivity (Wildman–Crippen MR) is 241 cm³/mol. The summed E-state index contributed by atoms with van der Waals surface area (Å²) >= 11 is 0. The Bertz CT molecular complexity index is 3120. The summed E-state index contributed by atoms with van der Waals surface area (Å²) in [5.41, 5.74) is 14.9. The average molecular weight is 759 g/mol. The lowest BCUT2D eigenvalue weighted by molar-refractivity contribution is 0.661. The van der Waals surface area contributed by atoms with Gasteiger partial charge in [-0.25, -0.2) is 15.0 Å². The van der Waals surface area contributed by atoms with Crippen LogP contribution >= 0.6 is 0 Å². The molecule has 8 aromatic carbocycles. The first-order valence-corrected chi connectivity index (χ1v) is 20.0. The zero-order valence-electron chi connectivity index (χ0n) is 32.7. The molecule has 59 heavy (non-hydrogen) atoms. The summed E-state index contributed by atoms with van der Waals surface area (Å²) in [6.45, 7) is 4.70. The van der Waals surface area contributed by atoms with Crippen LogP contribution in [-0.2, 0) is 5.41 Å². The molecule has 0 aliphatic heterocycles. The summed E-state index contributed by atoms with van der Waals surface area (Å²) in [7, 11) is 0. The standard InChI is InChI=1S/C54H38N4O/c1-54(2)44-24-13-12-22-41(44)42-23-14-26-46(50(42)54)58(40-31-28-36(29-32-40)35-16-6-3-7-17-35)45-25-15-27-47-49(45)43-33-30-39(34-48(43)59-47)53-56-51(37-18-8-4-9-19-37)55-52(57-53)38-20-10-5-11-21-38/h3-34H,1-2H3. The molecule has 0 radical (unpaired) electrons. The van der Waals surface area contributed by atoms with Crippen LogP contribution in [0, 0.1) is 0 Å². The quantitative estimate of drug-likeness (QED) is 0.162. The SMILES string of the molecule is CC1(C)c2ccccc2-c2cccc(N(c3ccc(-c4ccccc4)cc3)c3cccc4oc5cc(-c6nc(-c7ccccc7)nc(-c7ccccc7)n6)ccc5c34)c21. The van der Waals surface area contributed by atoms with Crippen LogP contribution in [-0.4, -0.2) is 15.0 Å². The van der Waals surface area contributed by atoms with Gasteiger partial charge < -0.3 is 9.32 Å². The Morgan fingerprint density at radius 1 is 0.424 bits per heavy atom. The van der Waals surface area contributed by atoms with E-state index < -0.39 is 0 Å². The summed E-state index contributed by atoms with van der Waals surface area (Å²) in [4.78, 5) is 17.3. The molecule has 2 aromatic heterocycles. The molecule has 0 saturated carbocycles. The summed E-state index contributed by atoms with van der Waals surface area (Å²) in [6.07, 6.45) is 0. The maximum Gasteiger partial charge on any atom is 0.164 e. The third-order valence-corrected chi connectivity index (χ3v) is 11.7. The van der Waals surface area contributed by atoms with Crippen LogP contribution in [0.2, 0.25) is 0 Å². The lowest BCUT2D eigenvalue weighted by Crippen LogP contribution is -2.20. The van der Waals surface area contributed by atoms with Crippen LogP contribution in [0.3, 0.4) is 0 Å². The molecule has 5 nitrogen and oxygen atoms in total. The van der Waals surface area contributed by atoms with Crippen molar-refractivity contribution in [2.75, 3.05) is 4.90 Å². The van der Waals surface area contributed by atoms with E-state index in [-0.39, 0.29) is 5.41 Å². The van der Waals surface area contributed by atoms with Crippen molar-refractivity contribution in [3.8, 4) is 56.4 Å². The van der Waals surface area contributed by atoms with Crippen molar-refractivity contribution in [1.82, 2.24) is 15.0 Å². The van der Waals surface area contributed by atoms with Gasteiger partial charge in [-0.1, -0.05) is 166 Å². The largest absolute Gasteiger partial charge is 0.456 e. The summed E-state index contributed by atoms with van der Waals surface area (Å²) in [6, 6.07) is 67.9. The minimum Gasteiger partial charge on any atom is -0.456 e. The van der Waals surface area contributed by atoms with Gasteiger partial charge in [0.05, 0.1) is 16.8 Å². The Labute approximate surface area is 342 Å². The van der Waals surface area contributed by atoms with Crippen LogP contribution in [0.5, 0.6) is 0 Å². The Morgan fingerprint density at radius 2 is 0.949 bits per heavy atom. The fourth-order valence-electron chi connectivity index (χ4n) is 8.92. The number of anilines is 3. The van der Waals surface area contributed by atoms with E-state index in [2.05, 4.69) is 152 Å². The summed E-state index contributed by atoms with van der Waals surface area (Å²) in [5.74, 6) is 1.83. The second-order valence-corrected chi connectivity index (χ2v) is 15.6. The minimum atomic E-state index is -0.228. The predicted octanol–water partition coefficient (Wildman–Crippen LogP) is 14.2. The molecule has 0 N–H and O–H groups in total. The first kappa shape index (κ1) is 34.6. The molecule has 1 aliphatic rings. The highest BCUT2D eigenvalue weighted by atomic mass is 16.3. The lowest BCUT2D eigenvalue weighted by atomic mass is 9.81. The molecule has 10 aromatic rings. The Hall–Kier alpha value is -7.63. The molecule has 11 rings (SSSR count). The summed E-state index contributed by atoms with van der Waals surface area (Å²) < 4.78 is 6.77. The molecule has 0 amide bonds. The number of hydrogen-bond acceptors (Lipinski definition) is 5. The summed E-state index contributed by atoms with van der Waals surface area (Å²) in [5, 5.41) is 2.05. The minimum absolute atomic E-state index is 0.228. The van der Waals surface area contributed by atoms with Gasteiger partial charge in [0.1, 0.15) is 11.2 Å². The molecule has 1 aliphatic carbocycles. The van der Waals surface area contributed by atoms with Crippen molar-refractivity contribution in [1.29, 1.82) is 0 Å². The number of hydrogen-bond donors (Lipinski definition) is 0. The van der Waals surface area contributed by atoms with E-state index in [1.165, 1.54) is 33.4 Å². The lowest BCUT2D eigenvalue weighted by Gasteiger charge is -2.32. The topological polar surface area (TPSA) is 55.1 Å². The monoisotopic (exact) mass is 758 g/mol. The average Bonchev–Trinajstić information content (AvgIpc) is 3.79. The van der Waals surface area contributed by atoms with Crippen molar-refractivity contribution in [2.45, 2.75) is 19.3 Å². The van der Waals surface area contributed by atoms with E-state index >= 15 is 0 Å². The van der Waals surface area contributed by atoms with Crippen LogP contribution in [0.25, 0.3) is 78.4 Å². The zero-order chi connectivity index (χ0) is 39.5. The zero-order valence-corrected chi connectivity index (χ0v) is 32.7. The molecule has 0 bridgehead atoms. The van der Waals surface area contributed by atoms with Crippen molar-refractivity contribution in [3.63, 3.8) is 0 Å². The number of nitrogens with zero attached hydrogens (tertiary/aromatic N) is 4. The highest BCUT2D eigenvalue weighted by Gasteiger charge is 2.39. The van der Waals surface area contributed by atoms with Gasteiger partial charge in [0, 0.05) is 33.2 Å². The van der Waals surface area contributed by atoms with Gasteiger partial charge in [0.25, 0.3) is 0 Å². The van der Waals surface area contributed by atoms with Gasteiger partial charge in [-0.3, -0.25) is 0 Å². The number of benzene rings is 8. The molecular weight excluding hydrogens is 721 g/mol. The van der Waals surface area contributed by atoms with Crippen LogP contribution < -0.4 is 4.90 Å². The van der Waals surface area contributed by atoms with E-state index in [0.717, 1.165) is 55.7 Å². The van der Waals surface area contributed by atoms with E-state index in [9.17, 15) is 0 Å². The first-order chi connectivity index (χ1) is 29.0. The Kier molecular flexibility index (Phi) is 8.09. The molecule has 5 heteroatoms. The maximum absolute atomic E-state index is 6.77. The van der Waals surface area contributed by atoms with Crippen molar-refractivity contribution in [3.05, 3.63) is 205 Å². The third kappa shape index (κ3) is 5.81. The molecule has 0 fully saturated rings. The van der Waals surface area contributed by atoms with E-state index in [1.54, 1.807) is 0 Å². The number of aromatic nitrogens is 3. The fraction of sp³-hybridized carbons (Fsp3) is 0.0556. The van der Waals surface area contributed by atoms with Crippen molar-refractivity contribution >= 4 is 39.0 Å². The van der Waals surface area contributed by atoms with Crippen LogP contribution in [0.4, 0.5) is 17.1 Å². The van der Waals surface area contributed by atoms with Gasteiger partial charge in [-0.05, 0) is 75.8 Å². The van der Waals surface area contributed by atoms with Gasteiger partial charge in [-0.2, -0.15) is 0 Å². The second kappa shape index (κ2) is 13.8. The van der Waals surface area contributed by atoms with E-state index in [1.807, 2.05) is 60.7 Å². The van der Waals surface area contributed by atoms with Crippen molar-refractivity contribution < 1.29 is 4.42 Å². The highest BCUT2D eigenvalue weighted by Crippen LogP contribution is 2.55. The highest BCUT2D eigenvalue weighted by molar-refractivity contribution is 6.14. The third-order valence-electron chi connectivity index (χ3n) is 11.7. The Balaban J connectivity index is 1.10. The normalized spacial score (nSPS) is 12.7. The van der Waals surface area contributed by atoms with Crippen LogP contribution in [0.1, 0.15) is 25.0 Å². The number of furan rings is 1. The van der Waals surface area contributed by atoms with Crippen molar-refractivity contribution in [2.24, 2.45) is 0 Å². The molecule has 0 atom stereocenters. The van der Waals surface area contributed by atoms with Gasteiger partial charge in [0.2, 0.25) is 0 Å². The van der Waals surface area contributed by atoms with Gasteiger partial charge in [0.15, 0.2) is 17.5 Å².